The topological polar surface area (TPSA) is 126 Å². The summed E-state index contributed by atoms with van der Waals surface area (Å²) in [5, 5.41) is 8.72. The van der Waals surface area contributed by atoms with Gasteiger partial charge < -0.3 is 30.0 Å². The first-order valence-corrected chi connectivity index (χ1v) is 14.3. The van der Waals surface area contributed by atoms with E-state index in [4.69, 9.17) is 9.47 Å². The largest absolute Gasteiger partial charge is 0.357 e. The van der Waals surface area contributed by atoms with Crippen LogP contribution in [0, 0.1) is 0 Å². The Labute approximate surface area is 238 Å². The lowest BCUT2D eigenvalue weighted by Crippen LogP contribution is -2.49. The van der Waals surface area contributed by atoms with Crippen LogP contribution in [0.4, 0.5) is 0 Å². The Bertz CT molecular complexity index is 1770. The third kappa shape index (κ3) is 4.82. The minimum absolute atomic E-state index is 0.116. The molecule has 0 aliphatic carbocycles. The SMILES string of the molecule is O=C(NCC(=O)N1CC2(C[C@H]1C(=O)NCc1cc3cnccc3[nH]1)OCCO2)c1ccc2sc3ccccc3c2c1. The van der Waals surface area contributed by atoms with Crippen LogP contribution in [0.2, 0.25) is 0 Å². The number of hydrogen-bond acceptors (Lipinski definition) is 7. The molecular weight excluding hydrogens is 542 g/mol. The number of carbonyl (C=O) groups is 3. The molecule has 0 bridgehead atoms. The molecule has 2 aliphatic rings. The van der Waals surface area contributed by atoms with E-state index in [-0.39, 0.29) is 43.8 Å². The Morgan fingerprint density at radius 2 is 1.85 bits per heavy atom. The van der Waals surface area contributed by atoms with Crippen LogP contribution in [0.15, 0.2) is 67.0 Å². The van der Waals surface area contributed by atoms with Crippen molar-refractivity contribution in [3.05, 3.63) is 78.2 Å². The summed E-state index contributed by atoms with van der Waals surface area (Å²) >= 11 is 1.67. The molecule has 5 aromatic rings. The molecular formula is C30H27N5O5S. The summed E-state index contributed by atoms with van der Waals surface area (Å²) in [5.41, 5.74) is 2.22. The number of nitrogens with zero attached hydrogens (tertiary/aromatic N) is 2. The van der Waals surface area contributed by atoms with E-state index in [1.807, 2.05) is 42.5 Å². The highest BCUT2D eigenvalue weighted by atomic mass is 32.1. The maximum absolute atomic E-state index is 13.4. The van der Waals surface area contributed by atoms with E-state index in [0.29, 0.717) is 18.8 Å². The van der Waals surface area contributed by atoms with Gasteiger partial charge in [0, 0.05) is 61.1 Å². The highest BCUT2D eigenvalue weighted by Crippen LogP contribution is 2.36. The number of benzene rings is 2. The molecule has 3 amide bonds. The first-order chi connectivity index (χ1) is 20.0. The predicted octanol–water partition coefficient (Wildman–Crippen LogP) is 3.32. The fraction of sp³-hybridized carbons (Fsp3) is 0.267. The number of carbonyl (C=O) groups excluding carboxylic acids is 3. The molecule has 2 aromatic carbocycles. The van der Waals surface area contributed by atoms with Gasteiger partial charge in [0.1, 0.15) is 6.04 Å². The Balaban J connectivity index is 1.04. The van der Waals surface area contributed by atoms with Gasteiger partial charge in [-0.2, -0.15) is 0 Å². The normalized spacial score (nSPS) is 18.0. The molecule has 41 heavy (non-hydrogen) atoms. The second-order valence-corrected chi connectivity index (χ2v) is 11.4. The summed E-state index contributed by atoms with van der Waals surface area (Å²) < 4.78 is 13.9. The Kier molecular flexibility index (Phi) is 6.41. The van der Waals surface area contributed by atoms with Crippen LogP contribution in [-0.4, -0.2) is 70.7 Å². The summed E-state index contributed by atoms with van der Waals surface area (Å²) in [4.78, 5) is 48.6. The van der Waals surface area contributed by atoms with Gasteiger partial charge >= 0.3 is 0 Å². The average Bonchev–Trinajstić information content (AvgIpc) is 3.79. The predicted molar refractivity (Wildman–Crippen MR) is 154 cm³/mol. The summed E-state index contributed by atoms with van der Waals surface area (Å²) in [6, 6.07) is 16.6. The van der Waals surface area contributed by atoms with Gasteiger partial charge in [-0.05, 0) is 36.4 Å². The molecule has 1 atom stereocenters. The van der Waals surface area contributed by atoms with Gasteiger partial charge in [-0.3, -0.25) is 19.4 Å². The molecule has 10 nitrogen and oxygen atoms in total. The van der Waals surface area contributed by atoms with E-state index in [1.165, 1.54) is 4.90 Å². The van der Waals surface area contributed by atoms with Crippen LogP contribution in [-0.2, 0) is 25.6 Å². The minimum atomic E-state index is -1.01. The summed E-state index contributed by atoms with van der Waals surface area (Å²) in [5.74, 6) is -2.06. The molecule has 2 saturated heterocycles. The smallest absolute Gasteiger partial charge is 0.251 e. The van der Waals surface area contributed by atoms with Gasteiger partial charge in [-0.25, -0.2) is 0 Å². The van der Waals surface area contributed by atoms with Crippen LogP contribution in [0.3, 0.4) is 0 Å². The number of thiophene rings is 1. The quantitative estimate of drug-likeness (QED) is 0.288. The van der Waals surface area contributed by atoms with Gasteiger partial charge in [0.05, 0.1) is 32.8 Å². The summed E-state index contributed by atoms with van der Waals surface area (Å²) in [6.07, 6.45) is 3.67. The number of ether oxygens (including phenoxy) is 2. The first-order valence-electron chi connectivity index (χ1n) is 13.4. The highest BCUT2D eigenvalue weighted by molar-refractivity contribution is 7.25. The summed E-state index contributed by atoms with van der Waals surface area (Å²) in [6.45, 7) is 0.921. The summed E-state index contributed by atoms with van der Waals surface area (Å²) in [7, 11) is 0. The van der Waals surface area contributed by atoms with Crippen molar-refractivity contribution in [1.82, 2.24) is 25.5 Å². The monoisotopic (exact) mass is 569 g/mol. The van der Waals surface area contributed by atoms with Crippen LogP contribution in [0.5, 0.6) is 0 Å². The number of amides is 3. The molecule has 5 heterocycles. The maximum Gasteiger partial charge on any atom is 0.251 e. The fourth-order valence-corrected chi connectivity index (χ4v) is 6.78. The molecule has 3 N–H and O–H groups in total. The molecule has 0 radical (unpaired) electrons. The molecule has 2 aliphatic heterocycles. The zero-order chi connectivity index (χ0) is 28.0. The minimum Gasteiger partial charge on any atom is -0.357 e. The fourth-order valence-electron chi connectivity index (χ4n) is 5.70. The van der Waals surface area contributed by atoms with Crippen LogP contribution in [0.1, 0.15) is 22.5 Å². The van der Waals surface area contributed by atoms with Gasteiger partial charge in [0.25, 0.3) is 5.91 Å². The molecule has 11 heteroatoms. The van der Waals surface area contributed by atoms with E-state index in [9.17, 15) is 14.4 Å². The molecule has 7 rings (SSSR count). The Morgan fingerprint density at radius 3 is 2.71 bits per heavy atom. The molecule has 3 aromatic heterocycles. The number of hydrogen-bond donors (Lipinski definition) is 3. The van der Waals surface area contributed by atoms with Gasteiger partial charge in [0.2, 0.25) is 11.8 Å². The molecule has 0 unspecified atom stereocenters. The average molecular weight is 570 g/mol. The zero-order valence-electron chi connectivity index (χ0n) is 22.0. The van der Waals surface area contributed by atoms with Crippen molar-refractivity contribution in [2.45, 2.75) is 24.8 Å². The zero-order valence-corrected chi connectivity index (χ0v) is 22.8. The van der Waals surface area contributed by atoms with E-state index >= 15 is 0 Å². The van der Waals surface area contributed by atoms with E-state index in [0.717, 1.165) is 36.8 Å². The van der Waals surface area contributed by atoms with Crippen molar-refractivity contribution < 1.29 is 23.9 Å². The first kappa shape index (κ1) is 25.6. The Hall–Kier alpha value is -4.32. The van der Waals surface area contributed by atoms with Crippen LogP contribution < -0.4 is 10.6 Å². The third-order valence-electron chi connectivity index (χ3n) is 7.70. The maximum atomic E-state index is 13.4. The number of H-pyrrole nitrogens is 1. The van der Waals surface area contributed by atoms with Crippen molar-refractivity contribution in [3.63, 3.8) is 0 Å². The van der Waals surface area contributed by atoms with Crippen molar-refractivity contribution in [2.24, 2.45) is 0 Å². The van der Waals surface area contributed by atoms with Crippen molar-refractivity contribution in [1.29, 1.82) is 0 Å². The number of nitrogens with one attached hydrogen (secondary N) is 3. The number of likely N-dealkylation sites (tertiary alicyclic amines) is 1. The van der Waals surface area contributed by atoms with Gasteiger partial charge in [-0.1, -0.05) is 18.2 Å². The molecule has 208 valence electrons. The lowest BCUT2D eigenvalue weighted by Gasteiger charge is -2.24. The second kappa shape index (κ2) is 10.3. The standard InChI is InChI=1S/C30H27N5O5S/c36-27(16-33-28(37)18-5-6-26-22(12-18)21-3-1-2-4-25(21)41-26)35-17-30(39-9-10-40-30)13-24(35)29(38)32-15-20-11-19-14-31-8-7-23(19)34-20/h1-8,11-12,14,24,34H,9-10,13,15-17H2,(H,32,38)(H,33,37)/t24-/m0/s1. The molecule has 2 fully saturated rings. The highest BCUT2D eigenvalue weighted by Gasteiger charge is 2.52. The molecule has 1 spiro atoms. The van der Waals surface area contributed by atoms with Crippen molar-refractivity contribution in [3.8, 4) is 0 Å². The number of fused-ring (bicyclic) bond motifs is 4. The van der Waals surface area contributed by atoms with Gasteiger partial charge in [-0.15, -0.1) is 11.3 Å². The number of rotatable bonds is 6. The number of aromatic amines is 1. The third-order valence-corrected chi connectivity index (χ3v) is 8.85. The van der Waals surface area contributed by atoms with E-state index in [2.05, 4.69) is 26.7 Å². The van der Waals surface area contributed by atoms with E-state index in [1.54, 1.807) is 29.8 Å². The lowest BCUT2D eigenvalue weighted by molar-refractivity contribution is -0.152. The number of pyridine rings is 1. The van der Waals surface area contributed by atoms with E-state index < -0.39 is 11.8 Å². The van der Waals surface area contributed by atoms with Crippen molar-refractivity contribution >= 4 is 60.1 Å². The number of aromatic nitrogens is 2. The van der Waals surface area contributed by atoms with Crippen LogP contribution in [0.25, 0.3) is 31.1 Å². The lowest BCUT2D eigenvalue weighted by atomic mass is 10.1. The molecule has 0 saturated carbocycles. The second-order valence-electron chi connectivity index (χ2n) is 10.3. The van der Waals surface area contributed by atoms with Crippen molar-refractivity contribution in [2.75, 3.05) is 26.3 Å². The Morgan fingerprint density at radius 1 is 1.02 bits per heavy atom. The van der Waals surface area contributed by atoms with Gasteiger partial charge in [0.15, 0.2) is 5.79 Å². The van der Waals surface area contributed by atoms with Crippen LogP contribution >= 0.6 is 11.3 Å².